The molecule has 0 heterocycles. The molecule has 2 rings (SSSR count). The maximum Gasteiger partial charge on any atom is 0.128 e. The van der Waals surface area contributed by atoms with E-state index in [1.165, 1.54) is 18.9 Å². The van der Waals surface area contributed by atoms with Crippen molar-refractivity contribution in [2.45, 2.75) is 38.8 Å². The Balaban J connectivity index is 2.28. The molecule has 1 saturated carbocycles. The minimum atomic E-state index is -0.159. The average molecular weight is 329 g/mol. The standard InChI is InChI=1S/C15H22BrFN2/c1-10(2)9-19(12-4-5-12)15(8-18)13-7-11(16)3-6-14(13)17/h3,6-7,10,12,15H,4-5,8-9,18H2,1-2H3. The van der Waals surface area contributed by atoms with Crippen molar-refractivity contribution in [3.8, 4) is 0 Å². The van der Waals surface area contributed by atoms with Crippen LogP contribution in [0.3, 0.4) is 0 Å². The van der Waals surface area contributed by atoms with Crippen molar-refractivity contribution >= 4 is 15.9 Å². The molecule has 0 aliphatic heterocycles. The SMILES string of the molecule is CC(C)CN(C1CC1)C(CN)c1cc(Br)ccc1F. The molecule has 0 saturated heterocycles. The largest absolute Gasteiger partial charge is 0.329 e. The van der Waals surface area contributed by atoms with Gasteiger partial charge in [0.05, 0.1) is 6.04 Å². The summed E-state index contributed by atoms with van der Waals surface area (Å²) < 4.78 is 15.0. The van der Waals surface area contributed by atoms with E-state index in [0.29, 0.717) is 24.1 Å². The van der Waals surface area contributed by atoms with Gasteiger partial charge in [0.25, 0.3) is 0 Å². The van der Waals surface area contributed by atoms with Gasteiger partial charge >= 0.3 is 0 Å². The van der Waals surface area contributed by atoms with Crippen LogP contribution in [0.25, 0.3) is 0 Å². The molecule has 1 aromatic rings. The average Bonchev–Trinajstić information content (AvgIpc) is 3.16. The highest BCUT2D eigenvalue weighted by Crippen LogP contribution is 2.36. The van der Waals surface area contributed by atoms with E-state index < -0.39 is 0 Å². The lowest BCUT2D eigenvalue weighted by atomic mass is 10.0. The Labute approximate surface area is 123 Å². The molecule has 1 aromatic carbocycles. The lowest BCUT2D eigenvalue weighted by Crippen LogP contribution is -2.38. The van der Waals surface area contributed by atoms with Crippen LogP contribution in [0.15, 0.2) is 22.7 Å². The second kappa shape index (κ2) is 6.33. The van der Waals surface area contributed by atoms with Crippen LogP contribution in [0.2, 0.25) is 0 Å². The van der Waals surface area contributed by atoms with E-state index in [-0.39, 0.29) is 11.9 Å². The molecule has 2 N–H and O–H groups in total. The van der Waals surface area contributed by atoms with E-state index in [1.54, 1.807) is 6.07 Å². The zero-order valence-corrected chi connectivity index (χ0v) is 13.2. The molecule has 19 heavy (non-hydrogen) atoms. The molecule has 4 heteroatoms. The van der Waals surface area contributed by atoms with Crippen LogP contribution in [0.1, 0.15) is 38.3 Å². The lowest BCUT2D eigenvalue weighted by Gasteiger charge is -2.33. The highest BCUT2D eigenvalue weighted by Gasteiger charge is 2.35. The summed E-state index contributed by atoms with van der Waals surface area (Å²) in [6, 6.07) is 5.67. The third-order valence-electron chi connectivity index (χ3n) is 3.53. The van der Waals surface area contributed by atoms with Crippen LogP contribution in [0, 0.1) is 11.7 Å². The van der Waals surface area contributed by atoms with Gasteiger partial charge in [-0.1, -0.05) is 29.8 Å². The van der Waals surface area contributed by atoms with Crippen LogP contribution < -0.4 is 5.73 Å². The van der Waals surface area contributed by atoms with Crippen molar-refractivity contribution in [1.82, 2.24) is 4.90 Å². The van der Waals surface area contributed by atoms with Gasteiger partial charge < -0.3 is 5.73 Å². The second-order valence-electron chi connectivity index (χ2n) is 5.74. The summed E-state index contributed by atoms with van der Waals surface area (Å²) in [5.41, 5.74) is 6.65. The Hall–Kier alpha value is -0.450. The molecule has 1 unspecified atom stereocenters. The van der Waals surface area contributed by atoms with E-state index in [2.05, 4.69) is 34.7 Å². The van der Waals surface area contributed by atoms with Gasteiger partial charge in [-0.05, 0) is 37.0 Å². The molecular formula is C15H22BrFN2. The van der Waals surface area contributed by atoms with Gasteiger partial charge in [-0.2, -0.15) is 0 Å². The summed E-state index contributed by atoms with van der Waals surface area (Å²) in [6.45, 7) is 5.82. The van der Waals surface area contributed by atoms with Gasteiger partial charge in [0.1, 0.15) is 5.82 Å². The topological polar surface area (TPSA) is 29.3 Å². The van der Waals surface area contributed by atoms with E-state index in [0.717, 1.165) is 11.0 Å². The third kappa shape index (κ3) is 3.77. The van der Waals surface area contributed by atoms with Crippen molar-refractivity contribution in [2.75, 3.05) is 13.1 Å². The molecule has 106 valence electrons. The number of nitrogens with two attached hydrogens (primary N) is 1. The molecule has 1 aliphatic carbocycles. The van der Waals surface area contributed by atoms with Gasteiger partial charge in [0, 0.05) is 29.2 Å². The van der Waals surface area contributed by atoms with Crippen LogP contribution in [0.4, 0.5) is 4.39 Å². The normalized spacial score (nSPS) is 17.2. The van der Waals surface area contributed by atoms with Crippen molar-refractivity contribution < 1.29 is 4.39 Å². The Morgan fingerprint density at radius 2 is 2.11 bits per heavy atom. The first-order valence-corrected chi connectivity index (χ1v) is 7.73. The first-order chi connectivity index (χ1) is 9.02. The minimum Gasteiger partial charge on any atom is -0.329 e. The quantitative estimate of drug-likeness (QED) is 0.862. The van der Waals surface area contributed by atoms with Crippen LogP contribution in [-0.4, -0.2) is 24.0 Å². The Morgan fingerprint density at radius 3 is 2.63 bits per heavy atom. The monoisotopic (exact) mass is 328 g/mol. The highest BCUT2D eigenvalue weighted by molar-refractivity contribution is 9.10. The van der Waals surface area contributed by atoms with Crippen LogP contribution in [0.5, 0.6) is 0 Å². The molecule has 2 nitrogen and oxygen atoms in total. The second-order valence-corrected chi connectivity index (χ2v) is 6.65. The lowest BCUT2D eigenvalue weighted by molar-refractivity contribution is 0.166. The number of rotatable bonds is 6. The van der Waals surface area contributed by atoms with E-state index in [4.69, 9.17) is 5.73 Å². The number of hydrogen-bond donors (Lipinski definition) is 1. The molecule has 0 bridgehead atoms. The van der Waals surface area contributed by atoms with Crippen molar-refractivity contribution in [3.05, 3.63) is 34.1 Å². The first kappa shape index (κ1) is 14.9. The third-order valence-corrected chi connectivity index (χ3v) is 4.03. The summed E-state index contributed by atoms with van der Waals surface area (Å²) >= 11 is 3.42. The maximum absolute atomic E-state index is 14.1. The molecule has 1 aliphatic rings. The molecule has 1 atom stereocenters. The number of halogens is 2. The van der Waals surface area contributed by atoms with Gasteiger partial charge in [0.2, 0.25) is 0 Å². The Bertz CT molecular complexity index is 432. The van der Waals surface area contributed by atoms with E-state index in [9.17, 15) is 4.39 Å². The van der Waals surface area contributed by atoms with Gasteiger partial charge in [-0.3, -0.25) is 4.90 Å². The summed E-state index contributed by atoms with van der Waals surface area (Å²) in [5.74, 6) is 0.401. The summed E-state index contributed by atoms with van der Waals surface area (Å²) in [5, 5.41) is 0. The molecule has 1 fully saturated rings. The molecule has 0 spiro atoms. The van der Waals surface area contributed by atoms with E-state index >= 15 is 0 Å². The Morgan fingerprint density at radius 1 is 1.42 bits per heavy atom. The van der Waals surface area contributed by atoms with Gasteiger partial charge in [-0.15, -0.1) is 0 Å². The fourth-order valence-electron chi connectivity index (χ4n) is 2.57. The predicted octanol–water partition coefficient (Wildman–Crippen LogP) is 3.71. The van der Waals surface area contributed by atoms with Crippen LogP contribution in [-0.2, 0) is 0 Å². The van der Waals surface area contributed by atoms with Crippen LogP contribution >= 0.6 is 15.9 Å². The summed E-state index contributed by atoms with van der Waals surface area (Å²) in [7, 11) is 0. The smallest absolute Gasteiger partial charge is 0.128 e. The van der Waals surface area contributed by atoms with E-state index in [1.807, 2.05) is 6.07 Å². The fourth-order valence-corrected chi connectivity index (χ4v) is 2.95. The molecular weight excluding hydrogens is 307 g/mol. The number of hydrogen-bond acceptors (Lipinski definition) is 2. The van der Waals surface area contributed by atoms with Gasteiger partial charge in [-0.25, -0.2) is 4.39 Å². The Kier molecular flexibility index (Phi) is 4.98. The zero-order chi connectivity index (χ0) is 14.0. The number of benzene rings is 1. The first-order valence-electron chi connectivity index (χ1n) is 6.93. The number of nitrogens with zero attached hydrogens (tertiary/aromatic N) is 1. The summed E-state index contributed by atoms with van der Waals surface area (Å²) in [4.78, 5) is 2.38. The van der Waals surface area contributed by atoms with Crippen molar-refractivity contribution in [2.24, 2.45) is 11.7 Å². The van der Waals surface area contributed by atoms with Gasteiger partial charge in [0.15, 0.2) is 0 Å². The van der Waals surface area contributed by atoms with Crippen molar-refractivity contribution in [1.29, 1.82) is 0 Å². The molecule has 0 radical (unpaired) electrons. The maximum atomic E-state index is 14.1. The summed E-state index contributed by atoms with van der Waals surface area (Å²) in [6.07, 6.45) is 2.41. The fraction of sp³-hybridized carbons (Fsp3) is 0.600. The molecule has 0 aromatic heterocycles. The minimum absolute atomic E-state index is 0.0209. The predicted molar refractivity (Wildman–Crippen MR) is 80.5 cm³/mol. The highest BCUT2D eigenvalue weighted by atomic mass is 79.9. The van der Waals surface area contributed by atoms with Crippen molar-refractivity contribution in [3.63, 3.8) is 0 Å². The zero-order valence-electron chi connectivity index (χ0n) is 11.6. The molecule has 0 amide bonds.